The number of rotatable bonds is 3. The minimum Gasteiger partial charge on any atom is -0.459 e. The summed E-state index contributed by atoms with van der Waals surface area (Å²) < 4.78 is 17.0. The Bertz CT molecular complexity index is 315. The lowest BCUT2D eigenvalue weighted by atomic mass is 10.3. The number of halogens is 1. The molecule has 0 bridgehead atoms. The molecule has 2 rings (SSSR count). The predicted molar refractivity (Wildman–Crippen MR) is 55.9 cm³/mol. The normalized spacial score (nSPS) is 16.5. The highest BCUT2D eigenvalue weighted by Gasteiger charge is 2.15. The lowest BCUT2D eigenvalue weighted by Crippen LogP contribution is -2.44. The van der Waals surface area contributed by atoms with E-state index in [1.807, 2.05) is 0 Å². The van der Waals surface area contributed by atoms with Gasteiger partial charge in [0.15, 0.2) is 11.6 Å². The number of piperazine rings is 1. The maximum atomic E-state index is 12.1. The van der Waals surface area contributed by atoms with Gasteiger partial charge in [0.1, 0.15) is 0 Å². The van der Waals surface area contributed by atoms with Crippen molar-refractivity contribution in [3.05, 3.63) is 18.3 Å². The Kier molecular flexibility index (Phi) is 3.34. The molecule has 0 aromatic carbocycles. The van der Waals surface area contributed by atoms with Crippen molar-refractivity contribution in [2.24, 2.45) is 0 Å². The van der Waals surface area contributed by atoms with Gasteiger partial charge in [0.05, 0.1) is 0 Å². The van der Waals surface area contributed by atoms with Crippen molar-refractivity contribution in [3.8, 4) is 5.75 Å². The molecule has 1 aliphatic rings. The van der Waals surface area contributed by atoms with Crippen LogP contribution in [0.4, 0.5) is 10.2 Å². The van der Waals surface area contributed by atoms with E-state index >= 15 is 0 Å². The molecule has 4 nitrogen and oxygen atoms in total. The smallest absolute Gasteiger partial charge is 0.228 e. The topological polar surface area (TPSA) is 37.4 Å². The van der Waals surface area contributed by atoms with Crippen molar-refractivity contribution >= 4 is 5.82 Å². The first-order valence-corrected chi connectivity index (χ1v) is 5.01. The Morgan fingerprint density at radius 3 is 3.00 bits per heavy atom. The second kappa shape index (κ2) is 4.93. The standard InChI is InChI=1S/C10H14FN3O/c11-8-15-9-2-1-3-13-10(9)14-6-4-12-5-7-14/h1-3,12H,4-8H2. The second-order valence-electron chi connectivity index (χ2n) is 3.32. The number of nitrogens with one attached hydrogen (secondary N) is 1. The Morgan fingerprint density at radius 2 is 2.27 bits per heavy atom. The average molecular weight is 211 g/mol. The van der Waals surface area contributed by atoms with Crippen LogP contribution in [0.2, 0.25) is 0 Å². The summed E-state index contributed by atoms with van der Waals surface area (Å²) in [5.41, 5.74) is 0. The molecule has 0 atom stereocenters. The number of anilines is 1. The lowest BCUT2D eigenvalue weighted by molar-refractivity contribution is 0.191. The van der Waals surface area contributed by atoms with E-state index in [1.54, 1.807) is 18.3 Å². The Labute approximate surface area is 88.1 Å². The van der Waals surface area contributed by atoms with Crippen LogP contribution in [0.15, 0.2) is 18.3 Å². The summed E-state index contributed by atoms with van der Waals surface area (Å²) in [6, 6.07) is 3.49. The third kappa shape index (κ3) is 2.36. The van der Waals surface area contributed by atoms with Gasteiger partial charge in [0.25, 0.3) is 0 Å². The van der Waals surface area contributed by atoms with Gasteiger partial charge in [0, 0.05) is 32.4 Å². The third-order valence-electron chi connectivity index (χ3n) is 2.38. The summed E-state index contributed by atoms with van der Waals surface area (Å²) in [6.45, 7) is 2.78. The van der Waals surface area contributed by atoms with Crippen LogP contribution in [0.3, 0.4) is 0 Å². The molecule has 1 aromatic heterocycles. The van der Waals surface area contributed by atoms with Crippen molar-refractivity contribution in [2.45, 2.75) is 0 Å². The van der Waals surface area contributed by atoms with Gasteiger partial charge in [-0.15, -0.1) is 0 Å². The minimum atomic E-state index is -0.815. The zero-order valence-corrected chi connectivity index (χ0v) is 8.45. The van der Waals surface area contributed by atoms with Crippen LogP contribution in [0, 0.1) is 0 Å². The van der Waals surface area contributed by atoms with Gasteiger partial charge in [-0.05, 0) is 12.1 Å². The van der Waals surface area contributed by atoms with E-state index in [9.17, 15) is 4.39 Å². The molecule has 15 heavy (non-hydrogen) atoms. The molecule has 0 radical (unpaired) electrons. The number of hydrogen-bond acceptors (Lipinski definition) is 4. The molecule has 1 aromatic rings. The molecule has 0 amide bonds. The van der Waals surface area contributed by atoms with Gasteiger partial charge in [-0.2, -0.15) is 0 Å². The number of aromatic nitrogens is 1. The van der Waals surface area contributed by atoms with Crippen molar-refractivity contribution < 1.29 is 9.13 Å². The van der Waals surface area contributed by atoms with E-state index in [2.05, 4.69) is 15.2 Å². The van der Waals surface area contributed by atoms with Crippen LogP contribution in [0.25, 0.3) is 0 Å². The highest BCUT2D eigenvalue weighted by Crippen LogP contribution is 2.25. The zero-order valence-electron chi connectivity index (χ0n) is 8.45. The highest BCUT2D eigenvalue weighted by molar-refractivity contribution is 5.52. The summed E-state index contributed by atoms with van der Waals surface area (Å²) >= 11 is 0. The molecule has 0 saturated carbocycles. The summed E-state index contributed by atoms with van der Waals surface area (Å²) in [6.07, 6.45) is 1.70. The SMILES string of the molecule is FCOc1cccnc1N1CCNCC1. The Balaban J connectivity index is 2.17. The molecule has 82 valence electrons. The summed E-state index contributed by atoms with van der Waals surface area (Å²) in [5, 5.41) is 3.25. The van der Waals surface area contributed by atoms with Gasteiger partial charge in [0.2, 0.25) is 6.86 Å². The number of nitrogens with zero attached hydrogens (tertiary/aromatic N) is 2. The molecule has 0 spiro atoms. The molecule has 1 N–H and O–H groups in total. The van der Waals surface area contributed by atoms with Gasteiger partial charge < -0.3 is 15.0 Å². The van der Waals surface area contributed by atoms with E-state index in [0.29, 0.717) is 5.75 Å². The molecule has 0 unspecified atom stereocenters. The highest BCUT2D eigenvalue weighted by atomic mass is 19.1. The molecule has 1 fully saturated rings. The number of alkyl halides is 1. The monoisotopic (exact) mass is 211 g/mol. The first-order chi connectivity index (χ1) is 7.42. The van der Waals surface area contributed by atoms with Crippen LogP contribution in [0.1, 0.15) is 0 Å². The number of pyridine rings is 1. The van der Waals surface area contributed by atoms with E-state index in [4.69, 9.17) is 4.74 Å². The average Bonchev–Trinajstić information content (AvgIpc) is 2.31. The van der Waals surface area contributed by atoms with Crippen LogP contribution in [-0.2, 0) is 0 Å². The summed E-state index contributed by atoms with van der Waals surface area (Å²) in [4.78, 5) is 6.33. The molecule has 5 heteroatoms. The van der Waals surface area contributed by atoms with Gasteiger partial charge in [-0.3, -0.25) is 0 Å². The fourth-order valence-electron chi connectivity index (χ4n) is 1.67. The molecule has 1 saturated heterocycles. The van der Waals surface area contributed by atoms with E-state index in [0.717, 1.165) is 32.0 Å². The maximum absolute atomic E-state index is 12.1. The van der Waals surface area contributed by atoms with Crippen LogP contribution < -0.4 is 15.0 Å². The Hall–Kier alpha value is -1.36. The fraction of sp³-hybridized carbons (Fsp3) is 0.500. The molecular formula is C10H14FN3O. The van der Waals surface area contributed by atoms with Gasteiger partial charge in [-0.1, -0.05) is 0 Å². The van der Waals surface area contributed by atoms with Crippen molar-refractivity contribution in [1.29, 1.82) is 0 Å². The third-order valence-corrected chi connectivity index (χ3v) is 2.38. The van der Waals surface area contributed by atoms with Crippen LogP contribution >= 0.6 is 0 Å². The Morgan fingerprint density at radius 1 is 1.47 bits per heavy atom. The first kappa shape index (κ1) is 10.2. The van der Waals surface area contributed by atoms with E-state index < -0.39 is 6.86 Å². The van der Waals surface area contributed by atoms with Crippen molar-refractivity contribution in [3.63, 3.8) is 0 Å². The van der Waals surface area contributed by atoms with Crippen LogP contribution in [0.5, 0.6) is 5.75 Å². The summed E-state index contributed by atoms with van der Waals surface area (Å²) in [5.74, 6) is 1.25. The second-order valence-corrected chi connectivity index (χ2v) is 3.32. The molecule has 2 heterocycles. The first-order valence-electron chi connectivity index (χ1n) is 5.01. The largest absolute Gasteiger partial charge is 0.459 e. The van der Waals surface area contributed by atoms with E-state index in [1.165, 1.54) is 0 Å². The fourth-order valence-corrected chi connectivity index (χ4v) is 1.67. The van der Waals surface area contributed by atoms with Crippen molar-refractivity contribution in [1.82, 2.24) is 10.3 Å². The molecular weight excluding hydrogens is 197 g/mol. The minimum absolute atomic E-state index is 0.516. The zero-order chi connectivity index (χ0) is 10.5. The summed E-state index contributed by atoms with van der Waals surface area (Å²) in [7, 11) is 0. The van der Waals surface area contributed by atoms with E-state index in [-0.39, 0.29) is 0 Å². The molecule has 1 aliphatic heterocycles. The van der Waals surface area contributed by atoms with Gasteiger partial charge >= 0.3 is 0 Å². The molecule has 0 aliphatic carbocycles. The lowest BCUT2D eigenvalue weighted by Gasteiger charge is -2.29. The van der Waals surface area contributed by atoms with Crippen molar-refractivity contribution in [2.75, 3.05) is 37.9 Å². The van der Waals surface area contributed by atoms with Crippen LogP contribution in [-0.4, -0.2) is 38.0 Å². The van der Waals surface area contributed by atoms with Gasteiger partial charge in [-0.25, -0.2) is 9.37 Å². The number of hydrogen-bond donors (Lipinski definition) is 1. The maximum Gasteiger partial charge on any atom is 0.228 e. The predicted octanol–water partition coefficient (Wildman–Crippen LogP) is 0.797. The number of ether oxygens (including phenoxy) is 1. The quantitative estimate of drug-likeness (QED) is 0.802.